The molecule has 4 heteroatoms. The van der Waals surface area contributed by atoms with Gasteiger partial charge in [-0.05, 0) is 36.6 Å². The molecule has 0 fully saturated rings. The summed E-state index contributed by atoms with van der Waals surface area (Å²) in [5.74, 6) is 0. The van der Waals surface area contributed by atoms with E-state index in [4.69, 9.17) is 11.6 Å². The maximum Gasteiger partial charge on any atom is 0.0613 e. The fourth-order valence-corrected chi connectivity index (χ4v) is 2.33. The molecule has 0 aliphatic heterocycles. The number of hydrogen-bond donors (Lipinski definition) is 2. The number of nitrogens with one attached hydrogen (secondary N) is 1. The number of aliphatic hydroxyl groups excluding tert-OH is 1. The molecule has 0 atom stereocenters. The quantitative estimate of drug-likeness (QED) is 0.837. The standard InChI is InChI=1S/C13H19BrClNO/c1-3-13(4-2,9-17)16-8-10-7-11(14)5-6-12(10)15/h5-7,16-17H,3-4,8-9H2,1-2H3. The molecule has 0 aliphatic carbocycles. The molecule has 0 heterocycles. The molecule has 1 aromatic carbocycles. The summed E-state index contributed by atoms with van der Waals surface area (Å²) in [6.07, 6.45) is 1.79. The zero-order valence-corrected chi connectivity index (χ0v) is 12.6. The van der Waals surface area contributed by atoms with Crippen LogP contribution in [0.25, 0.3) is 0 Å². The summed E-state index contributed by atoms with van der Waals surface area (Å²) < 4.78 is 1.02. The van der Waals surface area contributed by atoms with Crippen molar-refractivity contribution in [3.63, 3.8) is 0 Å². The number of rotatable bonds is 6. The van der Waals surface area contributed by atoms with E-state index in [-0.39, 0.29) is 12.1 Å². The van der Waals surface area contributed by atoms with E-state index < -0.39 is 0 Å². The smallest absolute Gasteiger partial charge is 0.0613 e. The summed E-state index contributed by atoms with van der Waals surface area (Å²) in [6.45, 7) is 4.97. The second-order valence-electron chi connectivity index (χ2n) is 4.23. The molecule has 1 rings (SSSR count). The average molecular weight is 321 g/mol. The van der Waals surface area contributed by atoms with E-state index in [0.29, 0.717) is 6.54 Å². The van der Waals surface area contributed by atoms with Gasteiger partial charge in [0.25, 0.3) is 0 Å². The van der Waals surface area contributed by atoms with Gasteiger partial charge in [-0.1, -0.05) is 41.4 Å². The van der Waals surface area contributed by atoms with Crippen molar-refractivity contribution in [1.82, 2.24) is 5.32 Å². The van der Waals surface area contributed by atoms with E-state index in [9.17, 15) is 5.11 Å². The zero-order chi connectivity index (χ0) is 12.9. The van der Waals surface area contributed by atoms with Gasteiger partial charge in [0.1, 0.15) is 0 Å². The highest BCUT2D eigenvalue weighted by molar-refractivity contribution is 9.10. The molecule has 0 radical (unpaired) electrons. The second-order valence-corrected chi connectivity index (χ2v) is 5.56. The molecule has 0 saturated heterocycles. The van der Waals surface area contributed by atoms with Crippen LogP contribution in [0.4, 0.5) is 0 Å². The maximum atomic E-state index is 9.47. The lowest BCUT2D eigenvalue weighted by atomic mass is 9.93. The molecule has 2 N–H and O–H groups in total. The molecule has 17 heavy (non-hydrogen) atoms. The van der Waals surface area contributed by atoms with E-state index in [0.717, 1.165) is 27.9 Å². The van der Waals surface area contributed by atoms with Crippen molar-refractivity contribution in [2.75, 3.05) is 6.61 Å². The molecule has 0 saturated carbocycles. The van der Waals surface area contributed by atoms with Crippen molar-refractivity contribution >= 4 is 27.5 Å². The molecule has 1 aromatic rings. The topological polar surface area (TPSA) is 32.3 Å². The maximum absolute atomic E-state index is 9.47. The van der Waals surface area contributed by atoms with Crippen LogP contribution >= 0.6 is 27.5 Å². The van der Waals surface area contributed by atoms with E-state index in [1.54, 1.807) is 0 Å². The number of aliphatic hydroxyl groups is 1. The Balaban J connectivity index is 2.75. The van der Waals surface area contributed by atoms with E-state index in [1.165, 1.54) is 0 Å². The minimum atomic E-state index is -0.203. The van der Waals surface area contributed by atoms with E-state index >= 15 is 0 Å². The summed E-state index contributed by atoms with van der Waals surface area (Å²) in [4.78, 5) is 0. The Bertz CT molecular complexity index is 358. The predicted molar refractivity (Wildman–Crippen MR) is 76.4 cm³/mol. The van der Waals surface area contributed by atoms with Crippen LogP contribution in [-0.4, -0.2) is 17.3 Å². The van der Waals surface area contributed by atoms with Crippen LogP contribution in [0, 0.1) is 0 Å². The van der Waals surface area contributed by atoms with Crippen LogP contribution in [0.5, 0.6) is 0 Å². The van der Waals surface area contributed by atoms with Gasteiger partial charge in [-0.15, -0.1) is 0 Å². The first kappa shape index (κ1) is 15.0. The van der Waals surface area contributed by atoms with Gasteiger partial charge in [0.05, 0.1) is 6.61 Å². The van der Waals surface area contributed by atoms with Gasteiger partial charge in [0.15, 0.2) is 0 Å². The molecule has 0 amide bonds. The highest BCUT2D eigenvalue weighted by Gasteiger charge is 2.24. The second kappa shape index (κ2) is 6.74. The first-order chi connectivity index (χ1) is 8.06. The van der Waals surface area contributed by atoms with Crippen molar-refractivity contribution in [2.24, 2.45) is 0 Å². The molecule has 2 nitrogen and oxygen atoms in total. The van der Waals surface area contributed by atoms with Crippen LogP contribution in [-0.2, 0) is 6.54 Å². The summed E-state index contributed by atoms with van der Waals surface area (Å²) in [6, 6.07) is 5.80. The normalized spacial score (nSPS) is 11.8. The molecule has 0 aliphatic rings. The monoisotopic (exact) mass is 319 g/mol. The van der Waals surface area contributed by atoms with Gasteiger partial charge in [0.2, 0.25) is 0 Å². The fourth-order valence-electron chi connectivity index (χ4n) is 1.74. The number of benzene rings is 1. The van der Waals surface area contributed by atoms with Crippen LogP contribution in [0.3, 0.4) is 0 Å². The summed E-state index contributed by atoms with van der Waals surface area (Å²) >= 11 is 9.56. The van der Waals surface area contributed by atoms with Gasteiger partial charge in [-0.2, -0.15) is 0 Å². The van der Waals surface area contributed by atoms with E-state index in [1.807, 2.05) is 18.2 Å². The highest BCUT2D eigenvalue weighted by atomic mass is 79.9. The van der Waals surface area contributed by atoms with Crippen molar-refractivity contribution in [2.45, 2.75) is 38.8 Å². The molecule has 96 valence electrons. The van der Waals surface area contributed by atoms with Crippen molar-refractivity contribution in [1.29, 1.82) is 0 Å². The molecule has 0 bridgehead atoms. The minimum Gasteiger partial charge on any atom is -0.394 e. The minimum absolute atomic E-state index is 0.144. The lowest BCUT2D eigenvalue weighted by Crippen LogP contribution is -2.47. The van der Waals surface area contributed by atoms with Crippen molar-refractivity contribution < 1.29 is 5.11 Å². The number of hydrogen-bond acceptors (Lipinski definition) is 2. The Morgan fingerprint density at radius 2 is 2.00 bits per heavy atom. The van der Waals surface area contributed by atoms with Crippen LogP contribution in [0.2, 0.25) is 5.02 Å². The Morgan fingerprint density at radius 3 is 2.53 bits per heavy atom. The number of halogens is 2. The summed E-state index contributed by atoms with van der Waals surface area (Å²) in [5, 5.41) is 13.6. The zero-order valence-electron chi connectivity index (χ0n) is 10.3. The highest BCUT2D eigenvalue weighted by Crippen LogP contribution is 2.22. The SMILES string of the molecule is CCC(CC)(CO)NCc1cc(Br)ccc1Cl. The average Bonchev–Trinajstić information content (AvgIpc) is 2.35. The Hall–Kier alpha value is -0.0900. The van der Waals surface area contributed by atoms with E-state index in [2.05, 4.69) is 35.1 Å². The third-order valence-corrected chi connectivity index (χ3v) is 4.18. The molecule has 0 spiro atoms. The van der Waals surface area contributed by atoms with Crippen LogP contribution < -0.4 is 5.32 Å². The Morgan fingerprint density at radius 1 is 1.35 bits per heavy atom. The molecule has 0 unspecified atom stereocenters. The van der Waals surface area contributed by atoms with Crippen LogP contribution in [0.1, 0.15) is 32.3 Å². The first-order valence-electron chi connectivity index (χ1n) is 5.86. The molecule has 0 aromatic heterocycles. The third-order valence-electron chi connectivity index (χ3n) is 3.32. The molecular weight excluding hydrogens is 302 g/mol. The van der Waals surface area contributed by atoms with Gasteiger partial charge < -0.3 is 10.4 Å². The summed E-state index contributed by atoms with van der Waals surface area (Å²) in [7, 11) is 0. The van der Waals surface area contributed by atoms with Gasteiger partial charge >= 0.3 is 0 Å². The first-order valence-corrected chi connectivity index (χ1v) is 7.04. The largest absolute Gasteiger partial charge is 0.394 e. The van der Waals surface area contributed by atoms with Gasteiger partial charge in [-0.3, -0.25) is 0 Å². The predicted octanol–water partition coefficient (Wildman–Crippen LogP) is 3.74. The van der Waals surface area contributed by atoms with Gasteiger partial charge in [-0.25, -0.2) is 0 Å². The Kier molecular flexibility index (Phi) is 5.93. The lowest BCUT2D eigenvalue weighted by molar-refractivity contribution is 0.149. The van der Waals surface area contributed by atoms with Crippen molar-refractivity contribution in [3.05, 3.63) is 33.3 Å². The summed E-state index contributed by atoms with van der Waals surface area (Å²) in [5.41, 5.74) is 0.840. The van der Waals surface area contributed by atoms with Crippen LogP contribution in [0.15, 0.2) is 22.7 Å². The van der Waals surface area contributed by atoms with Crippen molar-refractivity contribution in [3.8, 4) is 0 Å². The Labute approximate surface area is 117 Å². The lowest BCUT2D eigenvalue weighted by Gasteiger charge is -2.31. The third kappa shape index (κ3) is 3.95. The fraction of sp³-hybridized carbons (Fsp3) is 0.538. The molecular formula is C13H19BrClNO. The van der Waals surface area contributed by atoms with Gasteiger partial charge in [0, 0.05) is 21.6 Å².